The number of hydrogen-bond donors (Lipinski definition) is 1. The summed E-state index contributed by atoms with van der Waals surface area (Å²) in [6, 6.07) is 0.197. The second-order valence-corrected chi connectivity index (χ2v) is 6.82. The Balaban J connectivity index is 1.78. The van der Waals surface area contributed by atoms with Crippen LogP contribution < -0.4 is 5.32 Å². The average Bonchev–Trinajstić information content (AvgIpc) is 2.97. The fraction of sp³-hybridized carbons (Fsp3) is 0.583. The Morgan fingerprint density at radius 2 is 2.35 bits per heavy atom. The highest BCUT2D eigenvalue weighted by Gasteiger charge is 2.28. The highest BCUT2D eigenvalue weighted by Crippen LogP contribution is 2.29. The van der Waals surface area contributed by atoms with Crippen LogP contribution in [0.4, 0.5) is 5.82 Å². The molecule has 108 valence electrons. The van der Waals surface area contributed by atoms with Crippen molar-refractivity contribution in [2.75, 3.05) is 30.7 Å². The van der Waals surface area contributed by atoms with Gasteiger partial charge in [-0.2, -0.15) is 4.98 Å². The molecule has 0 bridgehead atoms. The third-order valence-corrected chi connectivity index (χ3v) is 5.23. The van der Waals surface area contributed by atoms with Gasteiger partial charge in [0.05, 0.1) is 23.0 Å². The van der Waals surface area contributed by atoms with E-state index in [1.54, 1.807) is 0 Å². The van der Waals surface area contributed by atoms with Crippen LogP contribution in [-0.4, -0.2) is 56.8 Å². The van der Waals surface area contributed by atoms with Crippen LogP contribution >= 0.6 is 11.6 Å². The molecule has 0 aliphatic carbocycles. The second-order valence-electron chi connectivity index (χ2n) is 4.97. The number of hydrogen-bond acceptors (Lipinski definition) is 6. The molecule has 3 rings (SSSR count). The Bertz CT molecular complexity index is 569. The summed E-state index contributed by atoms with van der Waals surface area (Å²) in [4.78, 5) is 21.6. The van der Waals surface area contributed by atoms with Crippen molar-refractivity contribution < 1.29 is 9.00 Å². The standard InChI is InChI=1S/C12H15ClN4O2S/c13-12-15-9-2-6-20(19)10(9)11(16-12)14-8-1-3-17(7-8)4-5-18/h5,8H,1-4,6-7H2,(H,14,15,16)/t8-,20?/m0/s1. The van der Waals surface area contributed by atoms with Gasteiger partial charge in [0, 0.05) is 31.3 Å². The van der Waals surface area contributed by atoms with Gasteiger partial charge in [0.15, 0.2) is 0 Å². The van der Waals surface area contributed by atoms with Gasteiger partial charge in [0.25, 0.3) is 0 Å². The third-order valence-electron chi connectivity index (χ3n) is 3.61. The minimum atomic E-state index is -1.05. The molecule has 0 saturated carbocycles. The molecule has 1 aromatic heterocycles. The molecule has 0 spiro atoms. The first-order valence-electron chi connectivity index (χ1n) is 6.54. The summed E-state index contributed by atoms with van der Waals surface area (Å²) >= 11 is 5.92. The summed E-state index contributed by atoms with van der Waals surface area (Å²) in [7, 11) is -1.05. The molecule has 2 aliphatic rings. The van der Waals surface area contributed by atoms with E-state index in [0.717, 1.165) is 31.5 Å². The van der Waals surface area contributed by atoms with E-state index in [-0.39, 0.29) is 11.3 Å². The first kappa shape index (κ1) is 13.9. The SMILES string of the molecule is O=CCN1CC[C@H](Nc2nc(Cl)nc3c2S(=O)CC3)C1. The minimum absolute atomic E-state index is 0.188. The molecule has 0 amide bonds. The molecule has 6 nitrogen and oxygen atoms in total. The van der Waals surface area contributed by atoms with E-state index < -0.39 is 10.8 Å². The maximum atomic E-state index is 12.0. The molecule has 0 aromatic carbocycles. The molecule has 0 radical (unpaired) electrons. The number of nitrogens with one attached hydrogen (secondary N) is 1. The van der Waals surface area contributed by atoms with Crippen LogP contribution in [0.25, 0.3) is 0 Å². The molecule has 1 unspecified atom stereocenters. The lowest BCUT2D eigenvalue weighted by molar-refractivity contribution is -0.108. The smallest absolute Gasteiger partial charge is 0.224 e. The average molecular weight is 315 g/mol. The quantitative estimate of drug-likeness (QED) is 0.643. The predicted octanol–water partition coefficient (Wildman–Crippen LogP) is 0.479. The molecule has 2 atom stereocenters. The lowest BCUT2D eigenvalue weighted by Gasteiger charge is -2.16. The van der Waals surface area contributed by atoms with Crippen LogP contribution in [0.15, 0.2) is 4.90 Å². The van der Waals surface area contributed by atoms with E-state index in [1.807, 2.05) is 0 Å². The monoisotopic (exact) mass is 314 g/mol. The third kappa shape index (κ3) is 2.70. The number of aryl methyl sites for hydroxylation is 1. The Hall–Kier alpha value is -1.05. The Morgan fingerprint density at radius 3 is 3.15 bits per heavy atom. The zero-order chi connectivity index (χ0) is 14.1. The first-order chi connectivity index (χ1) is 9.67. The summed E-state index contributed by atoms with van der Waals surface area (Å²) in [6.45, 7) is 2.11. The summed E-state index contributed by atoms with van der Waals surface area (Å²) in [5, 5.41) is 3.50. The minimum Gasteiger partial charge on any atom is -0.365 e. The van der Waals surface area contributed by atoms with E-state index in [9.17, 15) is 9.00 Å². The van der Waals surface area contributed by atoms with Gasteiger partial charge in [-0.25, -0.2) is 4.98 Å². The van der Waals surface area contributed by atoms with Crippen molar-refractivity contribution in [1.82, 2.24) is 14.9 Å². The molecule has 1 N–H and O–H groups in total. The lowest BCUT2D eigenvalue weighted by atomic mass is 10.2. The van der Waals surface area contributed by atoms with Crippen LogP contribution in [0.2, 0.25) is 5.28 Å². The molecule has 1 saturated heterocycles. The van der Waals surface area contributed by atoms with Crippen LogP contribution in [-0.2, 0) is 22.0 Å². The molecular weight excluding hydrogens is 300 g/mol. The predicted molar refractivity (Wildman–Crippen MR) is 76.6 cm³/mol. The molecule has 3 heterocycles. The van der Waals surface area contributed by atoms with Crippen LogP contribution in [0, 0.1) is 0 Å². The van der Waals surface area contributed by atoms with Gasteiger partial charge in [-0.3, -0.25) is 9.11 Å². The van der Waals surface area contributed by atoms with Crippen molar-refractivity contribution in [3.63, 3.8) is 0 Å². The largest absolute Gasteiger partial charge is 0.365 e. The molecule has 20 heavy (non-hydrogen) atoms. The highest BCUT2D eigenvalue weighted by atomic mass is 35.5. The van der Waals surface area contributed by atoms with E-state index in [1.165, 1.54) is 0 Å². The fourth-order valence-electron chi connectivity index (χ4n) is 2.68. The normalized spacial score (nSPS) is 25.6. The summed E-state index contributed by atoms with van der Waals surface area (Å²) in [6.07, 6.45) is 2.52. The van der Waals surface area contributed by atoms with Crippen molar-refractivity contribution in [2.45, 2.75) is 23.8 Å². The summed E-state index contributed by atoms with van der Waals surface area (Å²) < 4.78 is 12.0. The van der Waals surface area contributed by atoms with Crippen molar-refractivity contribution in [3.8, 4) is 0 Å². The van der Waals surface area contributed by atoms with E-state index >= 15 is 0 Å². The number of aldehydes is 1. The maximum Gasteiger partial charge on any atom is 0.224 e. The highest BCUT2D eigenvalue weighted by molar-refractivity contribution is 7.85. The number of rotatable bonds is 4. The van der Waals surface area contributed by atoms with Crippen LogP contribution in [0.5, 0.6) is 0 Å². The van der Waals surface area contributed by atoms with Crippen LogP contribution in [0.1, 0.15) is 12.1 Å². The van der Waals surface area contributed by atoms with Gasteiger partial charge in [-0.05, 0) is 18.0 Å². The van der Waals surface area contributed by atoms with Crippen LogP contribution in [0.3, 0.4) is 0 Å². The molecule has 1 fully saturated rings. The van der Waals surface area contributed by atoms with Crippen molar-refractivity contribution in [2.24, 2.45) is 0 Å². The lowest BCUT2D eigenvalue weighted by Crippen LogP contribution is -2.28. The van der Waals surface area contributed by atoms with Gasteiger partial charge in [-0.15, -0.1) is 0 Å². The number of halogens is 1. The number of anilines is 1. The van der Waals surface area contributed by atoms with Gasteiger partial charge in [0.1, 0.15) is 17.0 Å². The van der Waals surface area contributed by atoms with Gasteiger partial charge < -0.3 is 10.1 Å². The Labute approximate surface area is 124 Å². The second kappa shape index (κ2) is 5.75. The zero-order valence-electron chi connectivity index (χ0n) is 10.8. The summed E-state index contributed by atoms with van der Waals surface area (Å²) in [5.41, 5.74) is 0.786. The van der Waals surface area contributed by atoms with Crippen molar-refractivity contribution in [3.05, 3.63) is 11.0 Å². The Kier molecular flexibility index (Phi) is 4.00. The molecule has 1 aromatic rings. The Morgan fingerprint density at radius 1 is 1.50 bits per heavy atom. The van der Waals surface area contributed by atoms with Crippen molar-refractivity contribution >= 4 is 34.5 Å². The molecule has 8 heteroatoms. The molecular formula is C12H15ClN4O2S. The van der Waals surface area contributed by atoms with Crippen molar-refractivity contribution in [1.29, 1.82) is 0 Å². The molecule has 2 aliphatic heterocycles. The first-order valence-corrected chi connectivity index (χ1v) is 8.24. The van der Waals surface area contributed by atoms with Gasteiger partial charge in [0.2, 0.25) is 5.28 Å². The fourth-order valence-corrected chi connectivity index (χ4v) is 4.18. The maximum absolute atomic E-state index is 12.0. The van der Waals surface area contributed by atoms with E-state index in [2.05, 4.69) is 20.2 Å². The van der Waals surface area contributed by atoms with E-state index in [4.69, 9.17) is 11.6 Å². The van der Waals surface area contributed by atoms with Gasteiger partial charge in [-0.1, -0.05) is 0 Å². The number of likely N-dealkylation sites (tertiary alicyclic amines) is 1. The topological polar surface area (TPSA) is 75.2 Å². The number of nitrogens with zero attached hydrogens (tertiary/aromatic N) is 3. The number of fused-ring (bicyclic) bond motifs is 1. The van der Waals surface area contributed by atoms with Gasteiger partial charge >= 0.3 is 0 Å². The number of carbonyl (C=O) groups is 1. The zero-order valence-corrected chi connectivity index (χ0v) is 12.4. The number of aromatic nitrogens is 2. The number of carbonyl (C=O) groups excluding carboxylic acids is 1. The summed E-state index contributed by atoms with van der Waals surface area (Å²) in [5.74, 6) is 1.18. The van der Waals surface area contributed by atoms with E-state index in [0.29, 0.717) is 29.4 Å².